The van der Waals surface area contributed by atoms with Crippen LogP contribution < -0.4 is 4.90 Å². The lowest BCUT2D eigenvalue weighted by Gasteiger charge is -2.18. The van der Waals surface area contributed by atoms with Crippen molar-refractivity contribution in [2.75, 3.05) is 18.6 Å². The molecule has 1 aromatic rings. The lowest BCUT2D eigenvalue weighted by Crippen LogP contribution is -2.29. The molecule has 15 heavy (non-hydrogen) atoms. The largest absolute Gasteiger partial charge is 0.387 e. The molecule has 1 aromatic carbocycles. The van der Waals surface area contributed by atoms with Gasteiger partial charge in [-0.05, 0) is 24.6 Å². The zero-order valence-corrected chi connectivity index (χ0v) is 9.18. The Kier molecular flexibility index (Phi) is 3.66. The van der Waals surface area contributed by atoms with Crippen molar-refractivity contribution in [3.63, 3.8) is 0 Å². The van der Waals surface area contributed by atoms with E-state index in [2.05, 4.69) is 0 Å². The summed E-state index contributed by atoms with van der Waals surface area (Å²) in [6.45, 7) is 0.946. The number of likely N-dealkylation sites (N-methyl/N-ethyl adjacent to an activating group) is 1. The van der Waals surface area contributed by atoms with Gasteiger partial charge in [0.2, 0.25) is 0 Å². The van der Waals surface area contributed by atoms with Gasteiger partial charge in [0.25, 0.3) is 5.91 Å². The van der Waals surface area contributed by atoms with Gasteiger partial charge in [0, 0.05) is 7.05 Å². The zero-order valence-electron chi connectivity index (χ0n) is 8.42. The van der Waals surface area contributed by atoms with Crippen LogP contribution in [0.3, 0.4) is 0 Å². The number of aliphatic hydroxyl groups is 1. The van der Waals surface area contributed by atoms with Crippen molar-refractivity contribution in [2.24, 2.45) is 0 Å². The van der Waals surface area contributed by atoms with Crippen LogP contribution in [0, 0.1) is 12.7 Å². The number of halogens is 2. The van der Waals surface area contributed by atoms with Gasteiger partial charge in [-0.3, -0.25) is 4.79 Å². The molecule has 5 heteroatoms. The van der Waals surface area contributed by atoms with Gasteiger partial charge in [-0.25, -0.2) is 4.39 Å². The normalized spacial score (nSPS) is 10.2. The van der Waals surface area contributed by atoms with Crippen LogP contribution >= 0.6 is 11.6 Å². The maximum atomic E-state index is 13.2. The molecular formula is C10H11ClFNO2. The van der Waals surface area contributed by atoms with Crippen LogP contribution in [0.25, 0.3) is 0 Å². The van der Waals surface area contributed by atoms with E-state index in [0.717, 1.165) is 4.90 Å². The summed E-state index contributed by atoms with van der Waals surface area (Å²) < 4.78 is 13.2. The number of amides is 1. The van der Waals surface area contributed by atoms with Crippen molar-refractivity contribution in [3.8, 4) is 0 Å². The Morgan fingerprint density at radius 1 is 1.60 bits per heavy atom. The van der Waals surface area contributed by atoms with Gasteiger partial charge in [0.05, 0.1) is 10.7 Å². The number of rotatable bonds is 2. The Morgan fingerprint density at radius 2 is 2.20 bits per heavy atom. The molecule has 3 nitrogen and oxygen atoms in total. The smallest absolute Gasteiger partial charge is 0.252 e. The topological polar surface area (TPSA) is 40.5 Å². The van der Waals surface area contributed by atoms with Gasteiger partial charge in [-0.1, -0.05) is 11.6 Å². The van der Waals surface area contributed by atoms with Crippen LogP contribution in [-0.2, 0) is 4.79 Å². The molecule has 0 radical (unpaired) electrons. The Balaban J connectivity index is 3.14. The molecule has 1 N–H and O–H groups in total. The third-order valence-corrected chi connectivity index (χ3v) is 2.40. The summed E-state index contributed by atoms with van der Waals surface area (Å²) in [6.07, 6.45) is 0. The molecule has 0 spiro atoms. The Labute approximate surface area is 92.1 Å². The van der Waals surface area contributed by atoms with Crippen molar-refractivity contribution < 1.29 is 14.3 Å². The highest BCUT2D eigenvalue weighted by Gasteiger charge is 2.14. The van der Waals surface area contributed by atoms with E-state index >= 15 is 0 Å². The SMILES string of the molecule is Cc1cc(Cl)c(N(C)C(=O)CO)cc1F. The molecule has 1 rings (SSSR count). The number of hydrogen-bond donors (Lipinski definition) is 1. The minimum atomic E-state index is -0.637. The van der Waals surface area contributed by atoms with Crippen LogP contribution in [0.1, 0.15) is 5.56 Å². The van der Waals surface area contributed by atoms with Crippen LogP contribution in [-0.4, -0.2) is 24.7 Å². The van der Waals surface area contributed by atoms with Crippen molar-refractivity contribution in [1.82, 2.24) is 0 Å². The lowest BCUT2D eigenvalue weighted by molar-refractivity contribution is -0.120. The summed E-state index contributed by atoms with van der Waals surface area (Å²) in [4.78, 5) is 12.3. The Bertz CT molecular complexity index is 395. The first kappa shape index (κ1) is 11.9. The first-order chi connectivity index (χ1) is 6.97. The average molecular weight is 232 g/mol. The quantitative estimate of drug-likeness (QED) is 0.842. The maximum absolute atomic E-state index is 13.2. The summed E-state index contributed by atoms with van der Waals surface area (Å²) in [6, 6.07) is 2.61. The number of carbonyl (C=O) groups excluding carboxylic acids is 1. The molecule has 0 heterocycles. The molecule has 0 aromatic heterocycles. The molecule has 0 aliphatic carbocycles. The molecular weight excluding hydrogens is 221 g/mol. The number of nitrogens with zero attached hydrogens (tertiary/aromatic N) is 1. The van der Waals surface area contributed by atoms with Crippen LogP contribution in [0.5, 0.6) is 0 Å². The van der Waals surface area contributed by atoms with E-state index in [1.807, 2.05) is 0 Å². The molecule has 0 atom stereocenters. The molecule has 0 bridgehead atoms. The van der Waals surface area contributed by atoms with E-state index in [1.165, 1.54) is 19.2 Å². The van der Waals surface area contributed by atoms with Gasteiger partial charge in [-0.2, -0.15) is 0 Å². The van der Waals surface area contributed by atoms with E-state index < -0.39 is 18.3 Å². The van der Waals surface area contributed by atoms with Crippen molar-refractivity contribution in [1.29, 1.82) is 0 Å². The van der Waals surface area contributed by atoms with E-state index in [-0.39, 0.29) is 10.7 Å². The predicted octanol–water partition coefficient (Wildman–Crippen LogP) is 1.74. The molecule has 0 aliphatic heterocycles. The Morgan fingerprint density at radius 3 is 2.73 bits per heavy atom. The fourth-order valence-electron chi connectivity index (χ4n) is 1.13. The van der Waals surface area contributed by atoms with E-state index in [0.29, 0.717) is 5.56 Å². The number of aryl methyl sites for hydroxylation is 1. The highest BCUT2D eigenvalue weighted by Crippen LogP contribution is 2.27. The van der Waals surface area contributed by atoms with Crippen molar-refractivity contribution >= 4 is 23.2 Å². The lowest BCUT2D eigenvalue weighted by atomic mass is 10.2. The molecule has 1 amide bonds. The van der Waals surface area contributed by atoms with E-state index in [1.54, 1.807) is 6.92 Å². The second kappa shape index (κ2) is 4.59. The first-order valence-electron chi connectivity index (χ1n) is 4.30. The fraction of sp³-hybridized carbons (Fsp3) is 0.300. The van der Waals surface area contributed by atoms with E-state index in [9.17, 15) is 9.18 Å². The van der Waals surface area contributed by atoms with Gasteiger partial charge >= 0.3 is 0 Å². The Hall–Kier alpha value is -1.13. The summed E-state index contributed by atoms with van der Waals surface area (Å²) in [7, 11) is 1.43. The summed E-state index contributed by atoms with van der Waals surface area (Å²) in [5.74, 6) is -0.979. The molecule has 0 aliphatic rings. The molecule has 82 valence electrons. The highest BCUT2D eigenvalue weighted by molar-refractivity contribution is 6.33. The summed E-state index contributed by atoms with van der Waals surface area (Å²) in [5, 5.41) is 8.93. The van der Waals surface area contributed by atoms with Gasteiger partial charge in [-0.15, -0.1) is 0 Å². The van der Waals surface area contributed by atoms with Crippen LogP contribution in [0.15, 0.2) is 12.1 Å². The first-order valence-corrected chi connectivity index (χ1v) is 4.68. The van der Waals surface area contributed by atoms with Crippen molar-refractivity contribution in [3.05, 3.63) is 28.5 Å². The second-order valence-electron chi connectivity index (χ2n) is 3.16. The number of anilines is 1. The molecule has 0 unspecified atom stereocenters. The molecule has 0 fully saturated rings. The second-order valence-corrected chi connectivity index (χ2v) is 3.57. The van der Waals surface area contributed by atoms with Gasteiger partial charge in [0.1, 0.15) is 12.4 Å². The van der Waals surface area contributed by atoms with Crippen molar-refractivity contribution in [2.45, 2.75) is 6.92 Å². The average Bonchev–Trinajstić information content (AvgIpc) is 2.21. The minimum absolute atomic E-state index is 0.249. The zero-order chi connectivity index (χ0) is 11.6. The number of benzene rings is 1. The van der Waals surface area contributed by atoms with Gasteiger partial charge in [0.15, 0.2) is 0 Å². The monoisotopic (exact) mass is 231 g/mol. The number of aliphatic hydroxyl groups excluding tert-OH is 1. The predicted molar refractivity (Wildman–Crippen MR) is 56.6 cm³/mol. The number of carbonyl (C=O) groups is 1. The third-order valence-electron chi connectivity index (χ3n) is 2.10. The fourth-order valence-corrected chi connectivity index (χ4v) is 1.48. The number of hydrogen-bond acceptors (Lipinski definition) is 2. The standard InChI is InChI=1S/C10H11ClFNO2/c1-6-3-7(11)9(4-8(6)12)13(2)10(15)5-14/h3-4,14H,5H2,1-2H3. The molecule has 0 saturated carbocycles. The minimum Gasteiger partial charge on any atom is -0.387 e. The van der Waals surface area contributed by atoms with Crippen LogP contribution in [0.4, 0.5) is 10.1 Å². The summed E-state index contributed by atoms with van der Waals surface area (Å²) >= 11 is 5.86. The van der Waals surface area contributed by atoms with Gasteiger partial charge < -0.3 is 10.0 Å². The molecule has 0 saturated heterocycles. The highest BCUT2D eigenvalue weighted by atomic mass is 35.5. The maximum Gasteiger partial charge on any atom is 0.252 e. The van der Waals surface area contributed by atoms with Crippen LogP contribution in [0.2, 0.25) is 5.02 Å². The summed E-state index contributed by atoms with van der Waals surface area (Å²) in [5.41, 5.74) is 0.660. The van der Waals surface area contributed by atoms with E-state index in [4.69, 9.17) is 16.7 Å². The third kappa shape index (κ3) is 2.46.